The van der Waals surface area contributed by atoms with Gasteiger partial charge in [-0.05, 0) is 87.9 Å². The second-order valence-electron chi connectivity index (χ2n) is 12.4. The zero-order valence-electron chi connectivity index (χ0n) is 26.7. The number of aliphatic hydroxyl groups excluding tert-OH is 2. The molecule has 1 aromatic carbocycles. The molecule has 3 aliphatic rings. The number of carboxylic acids is 2. The molecule has 2 unspecified atom stereocenters. The smallest absolute Gasteiger partial charge is 0.335 e. The minimum absolute atomic E-state index is 0.160. The van der Waals surface area contributed by atoms with Crippen LogP contribution < -0.4 is 9.47 Å². The van der Waals surface area contributed by atoms with Gasteiger partial charge in [-0.1, -0.05) is 32.1 Å². The number of hydrogen-bond donors (Lipinski definition) is 4. The number of fused-ring (bicyclic) bond motifs is 2. The molecule has 0 aliphatic carbocycles. The first-order valence-electron chi connectivity index (χ1n) is 15.9. The summed E-state index contributed by atoms with van der Waals surface area (Å²) in [5, 5.41) is 32.5. The van der Waals surface area contributed by atoms with E-state index >= 15 is 0 Å². The normalized spacial score (nSPS) is 19.0. The van der Waals surface area contributed by atoms with Crippen molar-refractivity contribution in [2.45, 2.75) is 96.4 Å². The van der Waals surface area contributed by atoms with Crippen molar-refractivity contribution in [3.05, 3.63) is 28.8 Å². The molecule has 1 saturated heterocycles. The fourth-order valence-electron chi connectivity index (χ4n) is 6.02. The zero-order chi connectivity index (χ0) is 33.1. The maximum absolute atomic E-state index is 13.0. The molecule has 4 N–H and O–H groups in total. The van der Waals surface area contributed by atoms with Crippen molar-refractivity contribution >= 4 is 23.5 Å². The van der Waals surface area contributed by atoms with E-state index < -0.39 is 24.1 Å². The number of terminal acetylenes is 1. The van der Waals surface area contributed by atoms with Crippen molar-refractivity contribution in [1.82, 2.24) is 9.80 Å². The van der Waals surface area contributed by atoms with Crippen LogP contribution in [0.25, 0.3) is 5.57 Å². The number of unbranched alkanes of at least 4 members (excludes halogenated alkanes) is 2. The second kappa shape index (κ2) is 16.8. The lowest BCUT2D eigenvalue weighted by Gasteiger charge is -2.42. The van der Waals surface area contributed by atoms with Crippen molar-refractivity contribution in [1.29, 1.82) is 0 Å². The molecule has 4 rings (SSSR count). The molecule has 0 aromatic heterocycles. The molecule has 0 radical (unpaired) electrons. The standard InChI is InChI=1S/C30H42N2O3.C4H6O6/c1-5-7-9-12-23-20-26(34-28(33)14-19-31-16-10-8-11-17-31)29-24-22-32(15-6-2)18-13-25(24)30(3,4)35-27(29)21-23;5-1(3(7)8)2(6)4(9)10/h2,20-21H,5,7-19,22H2,1,3-4H3;1-2,5-6H,(H,7,8)(H,9,10). The van der Waals surface area contributed by atoms with E-state index in [0.717, 1.165) is 63.3 Å². The Hall–Kier alpha value is -3.43. The number of rotatable bonds is 12. The van der Waals surface area contributed by atoms with Gasteiger partial charge in [0.1, 0.15) is 17.1 Å². The van der Waals surface area contributed by atoms with Crippen molar-refractivity contribution < 1.29 is 44.3 Å². The minimum Gasteiger partial charge on any atom is -0.483 e. The first-order valence-corrected chi connectivity index (χ1v) is 15.9. The van der Waals surface area contributed by atoms with Crippen molar-refractivity contribution in [3.63, 3.8) is 0 Å². The highest BCUT2D eigenvalue weighted by Crippen LogP contribution is 2.48. The van der Waals surface area contributed by atoms with Gasteiger partial charge in [0.2, 0.25) is 0 Å². The van der Waals surface area contributed by atoms with Crippen LogP contribution in [-0.2, 0) is 20.8 Å². The van der Waals surface area contributed by atoms with Gasteiger partial charge in [-0.25, -0.2) is 9.59 Å². The van der Waals surface area contributed by atoms with Crippen LogP contribution in [0.1, 0.15) is 83.3 Å². The number of nitrogens with zero attached hydrogens (tertiary/aromatic N) is 2. The third-order valence-corrected chi connectivity index (χ3v) is 8.44. The lowest BCUT2D eigenvalue weighted by Crippen LogP contribution is -2.42. The Morgan fingerprint density at radius 3 is 2.29 bits per heavy atom. The number of ether oxygens (including phenoxy) is 2. The first kappa shape index (κ1) is 36.0. The summed E-state index contributed by atoms with van der Waals surface area (Å²) in [5.41, 5.74) is 4.25. The maximum atomic E-state index is 13.0. The van der Waals surface area contributed by atoms with Gasteiger partial charge in [-0.15, -0.1) is 6.42 Å². The predicted molar refractivity (Wildman–Crippen MR) is 169 cm³/mol. The highest BCUT2D eigenvalue weighted by Gasteiger charge is 2.39. The fourth-order valence-corrected chi connectivity index (χ4v) is 6.02. The number of esters is 1. The average molecular weight is 629 g/mol. The molecule has 11 nitrogen and oxygen atoms in total. The molecule has 0 saturated carbocycles. The lowest BCUT2D eigenvalue weighted by atomic mass is 9.81. The number of carbonyl (C=O) groups excluding carboxylic acids is 1. The van der Waals surface area contributed by atoms with Crippen LogP contribution in [0.4, 0.5) is 0 Å². The Bertz CT molecular complexity index is 1260. The highest BCUT2D eigenvalue weighted by atomic mass is 16.5. The van der Waals surface area contributed by atoms with Crippen LogP contribution in [0.2, 0.25) is 0 Å². The number of benzene rings is 1. The Morgan fingerprint density at radius 1 is 1.02 bits per heavy atom. The van der Waals surface area contributed by atoms with E-state index in [2.05, 4.69) is 48.6 Å². The molecule has 1 fully saturated rings. The number of aliphatic hydroxyl groups is 2. The molecule has 1 aromatic rings. The highest BCUT2D eigenvalue weighted by molar-refractivity contribution is 5.85. The zero-order valence-corrected chi connectivity index (χ0v) is 26.7. The van der Waals surface area contributed by atoms with E-state index in [4.69, 9.17) is 36.3 Å². The van der Waals surface area contributed by atoms with Crippen molar-refractivity contribution in [3.8, 4) is 23.8 Å². The minimum atomic E-state index is -2.27. The van der Waals surface area contributed by atoms with E-state index in [9.17, 15) is 14.4 Å². The van der Waals surface area contributed by atoms with E-state index in [1.54, 1.807) is 0 Å². The van der Waals surface area contributed by atoms with Crippen molar-refractivity contribution in [2.75, 3.05) is 39.3 Å². The quantitative estimate of drug-likeness (QED) is 0.117. The number of hydrogen-bond acceptors (Lipinski definition) is 9. The van der Waals surface area contributed by atoms with Gasteiger partial charge in [-0.3, -0.25) is 9.69 Å². The summed E-state index contributed by atoms with van der Waals surface area (Å²) in [6.07, 6.45) is 10.6. The SMILES string of the molecule is C#CCN1CCC2=C(C1)c1c(OC(=O)CCN3CCCCC3)cc(CCCCC)cc1OC2(C)C.O=C(O)C(O)C(O)C(=O)O. The summed E-state index contributed by atoms with van der Waals surface area (Å²) < 4.78 is 12.7. The van der Waals surface area contributed by atoms with Gasteiger partial charge < -0.3 is 34.8 Å². The molecular weight excluding hydrogens is 580 g/mol. The van der Waals surface area contributed by atoms with Crippen LogP contribution in [0, 0.1) is 12.3 Å². The monoisotopic (exact) mass is 628 g/mol. The lowest BCUT2D eigenvalue weighted by molar-refractivity contribution is -0.165. The fraction of sp³-hybridized carbons (Fsp3) is 0.618. The van der Waals surface area contributed by atoms with Gasteiger partial charge in [0.05, 0.1) is 18.5 Å². The molecule has 0 bridgehead atoms. The second-order valence-corrected chi connectivity index (χ2v) is 12.4. The summed E-state index contributed by atoms with van der Waals surface area (Å²) in [7, 11) is 0. The maximum Gasteiger partial charge on any atom is 0.335 e. The number of carboxylic acid groups (broad SMARTS) is 2. The van der Waals surface area contributed by atoms with E-state index in [0.29, 0.717) is 18.7 Å². The van der Waals surface area contributed by atoms with E-state index in [1.807, 2.05) is 0 Å². The third-order valence-electron chi connectivity index (χ3n) is 8.44. The summed E-state index contributed by atoms with van der Waals surface area (Å²) in [5.74, 6) is 0.587. The summed E-state index contributed by atoms with van der Waals surface area (Å²) in [6.45, 7) is 11.7. The Kier molecular flexibility index (Phi) is 13.4. The number of aliphatic carboxylic acids is 2. The number of aryl methyl sites for hydroxylation is 1. The van der Waals surface area contributed by atoms with Crippen LogP contribution >= 0.6 is 0 Å². The predicted octanol–water partition coefficient (Wildman–Crippen LogP) is 3.34. The van der Waals surface area contributed by atoms with Crippen LogP contribution in [0.3, 0.4) is 0 Å². The molecule has 2 atom stereocenters. The average Bonchev–Trinajstić information content (AvgIpc) is 2.99. The van der Waals surface area contributed by atoms with Gasteiger partial charge in [0.15, 0.2) is 12.2 Å². The van der Waals surface area contributed by atoms with Gasteiger partial charge >= 0.3 is 17.9 Å². The largest absolute Gasteiger partial charge is 0.483 e. The molecule has 45 heavy (non-hydrogen) atoms. The number of carbonyl (C=O) groups is 3. The third kappa shape index (κ3) is 10.0. The molecular formula is C34H48N2O9. The van der Waals surface area contributed by atoms with Gasteiger partial charge in [0.25, 0.3) is 0 Å². The van der Waals surface area contributed by atoms with E-state index in [1.165, 1.54) is 48.8 Å². The molecule has 0 spiro atoms. The van der Waals surface area contributed by atoms with Crippen LogP contribution in [0.15, 0.2) is 17.7 Å². The van der Waals surface area contributed by atoms with Gasteiger partial charge in [0, 0.05) is 19.6 Å². The molecule has 3 aliphatic heterocycles. The summed E-state index contributed by atoms with van der Waals surface area (Å²) in [4.78, 5) is 37.2. The first-order chi connectivity index (χ1) is 21.4. The Morgan fingerprint density at radius 2 is 1.69 bits per heavy atom. The van der Waals surface area contributed by atoms with Crippen LogP contribution in [0.5, 0.6) is 11.5 Å². The van der Waals surface area contributed by atoms with E-state index in [-0.39, 0.29) is 11.6 Å². The summed E-state index contributed by atoms with van der Waals surface area (Å²) >= 11 is 0. The van der Waals surface area contributed by atoms with Gasteiger partial charge in [-0.2, -0.15) is 0 Å². The molecule has 0 amide bonds. The Labute approximate surface area is 265 Å². The number of likely N-dealkylation sites (tertiary alicyclic amines) is 1. The topological polar surface area (TPSA) is 157 Å². The molecule has 3 heterocycles. The Balaban J connectivity index is 0.000000477. The number of piperidine rings is 1. The summed E-state index contributed by atoms with van der Waals surface area (Å²) in [6, 6.07) is 4.25. The van der Waals surface area contributed by atoms with Crippen LogP contribution in [-0.4, -0.2) is 105 Å². The molecule has 248 valence electrons. The van der Waals surface area contributed by atoms with Crippen molar-refractivity contribution in [2.24, 2.45) is 0 Å². The molecule has 11 heteroatoms.